The van der Waals surface area contributed by atoms with Crippen LogP contribution in [0.25, 0.3) is 0 Å². The third-order valence-corrected chi connectivity index (χ3v) is 3.05. The lowest BCUT2D eigenvalue weighted by atomic mass is 10.3. The number of carbonyl (C=O) groups excluding carboxylic acids is 1. The number of amides is 1. The van der Waals surface area contributed by atoms with E-state index in [9.17, 15) is 4.79 Å². The van der Waals surface area contributed by atoms with Gasteiger partial charge in [-0.25, -0.2) is 9.97 Å². The summed E-state index contributed by atoms with van der Waals surface area (Å²) >= 11 is 1.15. The van der Waals surface area contributed by atoms with Gasteiger partial charge in [0.25, 0.3) is 5.91 Å². The van der Waals surface area contributed by atoms with E-state index in [2.05, 4.69) is 31.9 Å². The molecule has 0 aliphatic carbocycles. The molecule has 0 radical (unpaired) electrons. The van der Waals surface area contributed by atoms with Crippen molar-refractivity contribution in [1.29, 1.82) is 0 Å². The first kappa shape index (κ1) is 13.4. The molecule has 0 fully saturated rings. The fourth-order valence-electron chi connectivity index (χ4n) is 1.41. The zero-order chi connectivity index (χ0) is 13.7. The van der Waals surface area contributed by atoms with E-state index in [1.165, 1.54) is 0 Å². The molecule has 100 valence electrons. The van der Waals surface area contributed by atoms with E-state index in [4.69, 9.17) is 0 Å². The predicted molar refractivity (Wildman–Crippen MR) is 75.6 cm³/mol. The number of anilines is 2. The van der Waals surface area contributed by atoms with Crippen LogP contribution in [0, 0.1) is 6.92 Å². The second kappa shape index (κ2) is 6.24. The molecule has 2 rings (SSSR count). The summed E-state index contributed by atoms with van der Waals surface area (Å²) in [7, 11) is 0. The Hall–Kier alpha value is -2.02. The molecule has 2 N–H and O–H groups in total. The lowest BCUT2D eigenvalue weighted by molar-refractivity contribution is 0.102. The zero-order valence-corrected chi connectivity index (χ0v) is 11.6. The molecule has 7 heteroatoms. The lowest BCUT2D eigenvalue weighted by Crippen LogP contribution is -2.13. The first-order valence-corrected chi connectivity index (χ1v) is 6.78. The number of nitrogens with zero attached hydrogens (tertiary/aromatic N) is 3. The lowest BCUT2D eigenvalue weighted by Gasteiger charge is -2.05. The van der Waals surface area contributed by atoms with Gasteiger partial charge in [0.15, 0.2) is 0 Å². The molecule has 0 aliphatic rings. The van der Waals surface area contributed by atoms with Crippen LogP contribution in [0.4, 0.5) is 10.8 Å². The van der Waals surface area contributed by atoms with E-state index < -0.39 is 0 Å². The number of hydrogen-bond acceptors (Lipinski definition) is 6. The quantitative estimate of drug-likeness (QED) is 0.876. The summed E-state index contributed by atoms with van der Waals surface area (Å²) < 4.78 is 4.00. The standard InChI is InChI=1S/C12H15N5OS/c1-3-6-13-9-4-5-10(14-7-9)11(18)16-12-15-8(2)17-19-12/h4-5,7,13H,3,6H2,1-2H3,(H,15,16,17,18). The molecular weight excluding hydrogens is 262 g/mol. The third kappa shape index (κ3) is 3.72. The summed E-state index contributed by atoms with van der Waals surface area (Å²) in [6, 6.07) is 3.52. The molecule has 1 amide bonds. The zero-order valence-electron chi connectivity index (χ0n) is 10.8. The monoisotopic (exact) mass is 277 g/mol. The van der Waals surface area contributed by atoms with Crippen molar-refractivity contribution in [1.82, 2.24) is 14.3 Å². The summed E-state index contributed by atoms with van der Waals surface area (Å²) in [6.07, 6.45) is 2.69. The fraction of sp³-hybridized carbons (Fsp3) is 0.333. The van der Waals surface area contributed by atoms with Crippen LogP contribution in [0.3, 0.4) is 0 Å². The van der Waals surface area contributed by atoms with Crippen LogP contribution < -0.4 is 10.6 Å². The molecule has 2 aromatic rings. The Morgan fingerprint density at radius 2 is 2.26 bits per heavy atom. The van der Waals surface area contributed by atoms with E-state index in [1.807, 2.05) is 6.07 Å². The number of carbonyl (C=O) groups is 1. The van der Waals surface area contributed by atoms with Crippen LogP contribution in [0.15, 0.2) is 18.3 Å². The van der Waals surface area contributed by atoms with Crippen LogP contribution in [0.1, 0.15) is 29.7 Å². The largest absolute Gasteiger partial charge is 0.384 e. The maximum atomic E-state index is 11.9. The number of hydrogen-bond donors (Lipinski definition) is 2. The first-order chi connectivity index (χ1) is 9.19. The second-order valence-corrected chi connectivity index (χ2v) is 4.71. The Bertz CT molecular complexity index is 552. The van der Waals surface area contributed by atoms with Gasteiger partial charge in [0.1, 0.15) is 11.5 Å². The van der Waals surface area contributed by atoms with Crippen LogP contribution in [0.2, 0.25) is 0 Å². The van der Waals surface area contributed by atoms with Gasteiger partial charge < -0.3 is 5.32 Å². The number of rotatable bonds is 5. The summed E-state index contributed by atoms with van der Waals surface area (Å²) in [5.74, 6) is 0.366. The Labute approximate surface area is 115 Å². The van der Waals surface area contributed by atoms with Crippen molar-refractivity contribution in [3.05, 3.63) is 29.8 Å². The van der Waals surface area contributed by atoms with Gasteiger partial charge in [0, 0.05) is 18.1 Å². The van der Waals surface area contributed by atoms with Gasteiger partial charge in [-0.15, -0.1) is 0 Å². The minimum atomic E-state index is -0.279. The molecule has 0 aromatic carbocycles. The van der Waals surface area contributed by atoms with Crippen LogP contribution >= 0.6 is 11.5 Å². The van der Waals surface area contributed by atoms with E-state index in [-0.39, 0.29) is 5.91 Å². The van der Waals surface area contributed by atoms with Gasteiger partial charge in [-0.05, 0) is 25.5 Å². The van der Waals surface area contributed by atoms with Crippen LogP contribution in [0.5, 0.6) is 0 Å². The van der Waals surface area contributed by atoms with Crippen molar-refractivity contribution in [3.8, 4) is 0 Å². The van der Waals surface area contributed by atoms with Gasteiger partial charge in [-0.2, -0.15) is 4.37 Å². The minimum Gasteiger partial charge on any atom is -0.384 e. The first-order valence-electron chi connectivity index (χ1n) is 6.00. The molecule has 0 saturated heterocycles. The average Bonchev–Trinajstić information content (AvgIpc) is 2.82. The number of aryl methyl sites for hydroxylation is 1. The average molecular weight is 277 g/mol. The highest BCUT2D eigenvalue weighted by atomic mass is 32.1. The third-order valence-electron chi connectivity index (χ3n) is 2.32. The summed E-state index contributed by atoms with van der Waals surface area (Å²) in [6.45, 7) is 4.75. The maximum Gasteiger partial charge on any atom is 0.276 e. The second-order valence-electron chi connectivity index (χ2n) is 3.96. The Kier molecular flexibility index (Phi) is 4.40. The Morgan fingerprint density at radius 1 is 1.42 bits per heavy atom. The molecule has 0 spiro atoms. The van der Waals surface area contributed by atoms with Gasteiger partial charge in [0.2, 0.25) is 5.13 Å². The van der Waals surface area contributed by atoms with E-state index >= 15 is 0 Å². The molecule has 6 nitrogen and oxygen atoms in total. The molecular formula is C12H15N5OS. The summed E-state index contributed by atoms with van der Waals surface area (Å²) in [4.78, 5) is 20.1. The van der Waals surface area contributed by atoms with Crippen molar-refractivity contribution in [3.63, 3.8) is 0 Å². The normalized spacial score (nSPS) is 10.2. The fourth-order valence-corrected chi connectivity index (χ4v) is 1.98. The summed E-state index contributed by atoms with van der Waals surface area (Å²) in [5, 5.41) is 6.35. The molecule has 2 heterocycles. The number of nitrogens with one attached hydrogen (secondary N) is 2. The molecule has 0 atom stereocenters. The highest BCUT2D eigenvalue weighted by molar-refractivity contribution is 7.09. The highest BCUT2D eigenvalue weighted by Crippen LogP contribution is 2.12. The topological polar surface area (TPSA) is 79.8 Å². The van der Waals surface area contributed by atoms with Crippen molar-refractivity contribution in [2.75, 3.05) is 17.2 Å². The molecule has 0 saturated carbocycles. The van der Waals surface area contributed by atoms with Crippen LogP contribution in [-0.4, -0.2) is 26.8 Å². The van der Waals surface area contributed by atoms with E-state index in [1.54, 1.807) is 19.2 Å². The van der Waals surface area contributed by atoms with Gasteiger partial charge in [-0.1, -0.05) is 6.92 Å². The molecule has 0 aliphatic heterocycles. The molecule has 19 heavy (non-hydrogen) atoms. The molecule has 0 bridgehead atoms. The maximum absolute atomic E-state index is 11.9. The van der Waals surface area contributed by atoms with Crippen molar-refractivity contribution in [2.24, 2.45) is 0 Å². The van der Waals surface area contributed by atoms with Crippen molar-refractivity contribution >= 4 is 28.3 Å². The predicted octanol–water partition coefficient (Wildman–Crippen LogP) is 2.32. The van der Waals surface area contributed by atoms with E-state index in [0.29, 0.717) is 16.6 Å². The number of pyridine rings is 1. The SMILES string of the molecule is CCCNc1ccc(C(=O)Nc2nc(C)ns2)nc1. The smallest absolute Gasteiger partial charge is 0.276 e. The van der Waals surface area contributed by atoms with Crippen LogP contribution in [-0.2, 0) is 0 Å². The molecule has 2 aromatic heterocycles. The van der Waals surface area contributed by atoms with Gasteiger partial charge in [-0.3, -0.25) is 10.1 Å². The minimum absolute atomic E-state index is 0.279. The van der Waals surface area contributed by atoms with Gasteiger partial charge in [0.05, 0.1) is 11.9 Å². The van der Waals surface area contributed by atoms with Crippen molar-refractivity contribution in [2.45, 2.75) is 20.3 Å². The summed E-state index contributed by atoms with van der Waals surface area (Å²) in [5.41, 5.74) is 1.26. The Balaban J connectivity index is 1.99. The van der Waals surface area contributed by atoms with Crippen molar-refractivity contribution < 1.29 is 4.79 Å². The number of aromatic nitrogens is 3. The molecule has 0 unspecified atom stereocenters. The highest BCUT2D eigenvalue weighted by Gasteiger charge is 2.10. The van der Waals surface area contributed by atoms with E-state index in [0.717, 1.165) is 30.2 Å². The Morgan fingerprint density at radius 3 is 2.84 bits per heavy atom. The van der Waals surface area contributed by atoms with Gasteiger partial charge >= 0.3 is 0 Å².